The van der Waals surface area contributed by atoms with Crippen molar-refractivity contribution in [3.8, 4) is 0 Å². The van der Waals surface area contributed by atoms with Crippen LogP contribution in [0.25, 0.3) is 0 Å². The number of aromatic nitrogens is 2. The normalized spacial score (nSPS) is 10.2. The van der Waals surface area contributed by atoms with Crippen LogP contribution in [-0.4, -0.2) is 23.3 Å². The van der Waals surface area contributed by atoms with Crippen LogP contribution in [0, 0.1) is 5.82 Å². The molecule has 6 heteroatoms. The van der Waals surface area contributed by atoms with Gasteiger partial charge in [0.25, 0.3) is 0 Å². The maximum absolute atomic E-state index is 13.5. The third-order valence-electron chi connectivity index (χ3n) is 2.32. The molecule has 0 bridgehead atoms. The van der Waals surface area contributed by atoms with Gasteiger partial charge >= 0.3 is 0 Å². The molecule has 0 aliphatic heterocycles. The fourth-order valence-corrected chi connectivity index (χ4v) is 1.79. The molecule has 0 radical (unpaired) electrons. The number of hydrogen-bond acceptors (Lipinski definition) is 5. The van der Waals surface area contributed by atoms with E-state index in [1.807, 2.05) is 30.5 Å². The number of benzene rings is 1. The summed E-state index contributed by atoms with van der Waals surface area (Å²) in [6.07, 6.45) is 3.14. The van der Waals surface area contributed by atoms with E-state index in [9.17, 15) is 4.39 Å². The summed E-state index contributed by atoms with van der Waals surface area (Å²) < 4.78 is 13.5. The molecule has 0 aliphatic rings. The average Bonchev–Trinajstić information content (AvgIpc) is 2.42. The molecule has 94 valence electrons. The number of nitrogens with one attached hydrogen (secondary N) is 2. The summed E-state index contributed by atoms with van der Waals surface area (Å²) in [4.78, 5) is 8.95. The molecular formula is C12H13FN4S. The summed E-state index contributed by atoms with van der Waals surface area (Å²) in [6.45, 7) is 0. The van der Waals surface area contributed by atoms with Crippen LogP contribution in [0.4, 0.5) is 21.8 Å². The van der Waals surface area contributed by atoms with Crippen molar-refractivity contribution < 1.29 is 4.39 Å². The molecule has 4 nitrogen and oxygen atoms in total. The monoisotopic (exact) mass is 264 g/mol. The van der Waals surface area contributed by atoms with Crippen molar-refractivity contribution in [1.82, 2.24) is 9.97 Å². The minimum atomic E-state index is -0.483. The Morgan fingerprint density at radius 1 is 1.22 bits per heavy atom. The van der Waals surface area contributed by atoms with Gasteiger partial charge in [-0.05, 0) is 30.5 Å². The second kappa shape index (κ2) is 5.68. The van der Waals surface area contributed by atoms with E-state index in [-0.39, 0.29) is 5.82 Å². The maximum Gasteiger partial charge on any atom is 0.224 e. The van der Waals surface area contributed by atoms with Crippen LogP contribution < -0.4 is 10.6 Å². The lowest BCUT2D eigenvalue weighted by atomic mass is 10.3. The predicted molar refractivity (Wildman–Crippen MR) is 73.0 cm³/mol. The highest BCUT2D eigenvalue weighted by molar-refractivity contribution is 7.98. The highest BCUT2D eigenvalue weighted by Crippen LogP contribution is 2.21. The van der Waals surface area contributed by atoms with Crippen molar-refractivity contribution in [2.24, 2.45) is 0 Å². The van der Waals surface area contributed by atoms with E-state index >= 15 is 0 Å². The number of hydrogen-bond donors (Lipinski definition) is 2. The molecule has 0 saturated heterocycles. The Hall–Kier alpha value is -1.82. The Balaban J connectivity index is 2.21. The van der Waals surface area contributed by atoms with Crippen LogP contribution in [-0.2, 0) is 0 Å². The average molecular weight is 264 g/mol. The summed E-state index contributed by atoms with van der Waals surface area (Å²) in [5.74, 6) is 0.0498. The molecule has 1 aromatic carbocycles. The van der Waals surface area contributed by atoms with E-state index in [1.165, 1.54) is 0 Å². The fraction of sp³-hybridized carbons (Fsp3) is 0.167. The Labute approximate surface area is 109 Å². The molecule has 0 saturated carbocycles. The van der Waals surface area contributed by atoms with Crippen molar-refractivity contribution in [3.05, 3.63) is 36.3 Å². The first-order valence-corrected chi connectivity index (χ1v) is 6.57. The van der Waals surface area contributed by atoms with Gasteiger partial charge in [0.15, 0.2) is 11.6 Å². The third kappa shape index (κ3) is 2.89. The van der Waals surface area contributed by atoms with Crippen molar-refractivity contribution >= 4 is 29.2 Å². The Morgan fingerprint density at radius 3 is 2.56 bits per heavy atom. The first-order chi connectivity index (χ1) is 8.72. The van der Waals surface area contributed by atoms with Gasteiger partial charge < -0.3 is 10.6 Å². The number of halogens is 1. The molecule has 1 aromatic heterocycles. The van der Waals surface area contributed by atoms with Gasteiger partial charge in [0.2, 0.25) is 5.95 Å². The largest absolute Gasteiger partial charge is 0.357 e. The molecule has 2 N–H and O–H groups in total. The van der Waals surface area contributed by atoms with Crippen LogP contribution in [0.15, 0.2) is 35.4 Å². The minimum Gasteiger partial charge on any atom is -0.357 e. The van der Waals surface area contributed by atoms with E-state index in [1.54, 1.807) is 18.8 Å². The first kappa shape index (κ1) is 12.6. The zero-order valence-corrected chi connectivity index (χ0v) is 10.9. The lowest BCUT2D eigenvalue weighted by Gasteiger charge is -2.08. The van der Waals surface area contributed by atoms with Crippen LogP contribution in [0.5, 0.6) is 0 Å². The highest BCUT2D eigenvalue weighted by Gasteiger charge is 2.06. The van der Waals surface area contributed by atoms with Crippen molar-refractivity contribution in [3.63, 3.8) is 0 Å². The highest BCUT2D eigenvalue weighted by atomic mass is 32.2. The summed E-state index contributed by atoms with van der Waals surface area (Å²) in [6, 6.07) is 7.69. The van der Waals surface area contributed by atoms with Gasteiger partial charge in [-0.25, -0.2) is 9.37 Å². The molecule has 18 heavy (non-hydrogen) atoms. The van der Waals surface area contributed by atoms with E-state index in [2.05, 4.69) is 20.6 Å². The molecule has 0 unspecified atom stereocenters. The molecule has 2 aromatic rings. The Kier molecular flexibility index (Phi) is 3.99. The third-order valence-corrected chi connectivity index (χ3v) is 3.06. The SMILES string of the molecule is CNc1ncc(F)c(Nc2ccc(SC)cc2)n1. The lowest BCUT2D eigenvalue weighted by molar-refractivity contribution is 0.619. The summed E-state index contributed by atoms with van der Waals surface area (Å²) in [5.41, 5.74) is 0.785. The number of anilines is 3. The quantitative estimate of drug-likeness (QED) is 0.831. The smallest absolute Gasteiger partial charge is 0.224 e. The van der Waals surface area contributed by atoms with Gasteiger partial charge in [0.1, 0.15) is 0 Å². The van der Waals surface area contributed by atoms with E-state index in [0.29, 0.717) is 5.95 Å². The Morgan fingerprint density at radius 2 is 1.94 bits per heavy atom. The summed E-state index contributed by atoms with van der Waals surface area (Å²) in [5, 5.41) is 5.69. The van der Waals surface area contributed by atoms with Crippen molar-refractivity contribution in [2.45, 2.75) is 4.90 Å². The zero-order chi connectivity index (χ0) is 13.0. The number of nitrogens with zero attached hydrogens (tertiary/aromatic N) is 2. The molecule has 0 fully saturated rings. The van der Waals surface area contributed by atoms with E-state index < -0.39 is 5.82 Å². The second-order valence-corrected chi connectivity index (χ2v) is 4.37. The molecule has 0 aliphatic carbocycles. The van der Waals surface area contributed by atoms with Crippen LogP contribution in [0.2, 0.25) is 0 Å². The number of thioether (sulfide) groups is 1. The van der Waals surface area contributed by atoms with Crippen LogP contribution >= 0.6 is 11.8 Å². The van der Waals surface area contributed by atoms with Gasteiger partial charge in [-0.1, -0.05) is 0 Å². The van der Waals surface area contributed by atoms with E-state index in [4.69, 9.17) is 0 Å². The summed E-state index contributed by atoms with van der Waals surface area (Å²) in [7, 11) is 1.68. The molecule has 0 atom stereocenters. The van der Waals surface area contributed by atoms with Crippen LogP contribution in [0.1, 0.15) is 0 Å². The van der Waals surface area contributed by atoms with Gasteiger partial charge in [-0.3, -0.25) is 0 Å². The zero-order valence-electron chi connectivity index (χ0n) is 10.1. The van der Waals surface area contributed by atoms with E-state index in [0.717, 1.165) is 16.8 Å². The standard InChI is InChI=1S/C12H13FN4S/c1-14-12-15-7-10(13)11(17-12)16-8-3-5-9(18-2)6-4-8/h3-7H,1-2H3,(H2,14,15,16,17). The lowest BCUT2D eigenvalue weighted by Crippen LogP contribution is -2.02. The van der Waals surface area contributed by atoms with Gasteiger partial charge in [-0.2, -0.15) is 4.98 Å². The Bertz CT molecular complexity index is 530. The minimum absolute atomic E-state index is 0.159. The predicted octanol–water partition coefficient (Wildman–Crippen LogP) is 3.12. The fourth-order valence-electron chi connectivity index (χ4n) is 1.39. The topological polar surface area (TPSA) is 49.8 Å². The van der Waals surface area contributed by atoms with Gasteiger partial charge in [0.05, 0.1) is 6.20 Å². The van der Waals surface area contributed by atoms with Crippen LogP contribution in [0.3, 0.4) is 0 Å². The first-order valence-electron chi connectivity index (χ1n) is 5.34. The molecule has 0 spiro atoms. The van der Waals surface area contributed by atoms with Gasteiger partial charge in [-0.15, -0.1) is 11.8 Å². The van der Waals surface area contributed by atoms with Gasteiger partial charge in [0, 0.05) is 17.6 Å². The molecule has 0 amide bonds. The molecule has 1 heterocycles. The van der Waals surface area contributed by atoms with Crippen molar-refractivity contribution in [2.75, 3.05) is 23.9 Å². The summed E-state index contributed by atoms with van der Waals surface area (Å²) >= 11 is 1.66. The molecular weight excluding hydrogens is 251 g/mol. The van der Waals surface area contributed by atoms with Crippen molar-refractivity contribution in [1.29, 1.82) is 0 Å². The number of rotatable bonds is 4. The molecule has 2 rings (SSSR count). The maximum atomic E-state index is 13.5. The second-order valence-electron chi connectivity index (χ2n) is 3.49.